The summed E-state index contributed by atoms with van der Waals surface area (Å²) in [5, 5.41) is 17.6. The van der Waals surface area contributed by atoms with E-state index >= 15 is 0 Å². The number of carboxylic acid groups (broad SMARTS) is 1. The largest absolute Gasteiger partial charge is 0.480 e. The second-order valence-electron chi connectivity index (χ2n) is 8.56. The fourth-order valence-electron chi connectivity index (χ4n) is 3.30. The molecule has 4 N–H and O–H groups in total. The smallest absolute Gasteiger partial charge is 0.320 e. The lowest BCUT2D eigenvalue weighted by Crippen LogP contribution is -2.56. The van der Waals surface area contributed by atoms with E-state index in [1.165, 1.54) is 6.92 Å². The molecule has 0 spiro atoms. The molecule has 184 valence electrons. The Hall–Kier alpha value is -3.04. The zero-order valence-electron chi connectivity index (χ0n) is 19.7. The van der Waals surface area contributed by atoms with Gasteiger partial charge in [0.2, 0.25) is 11.8 Å². The van der Waals surface area contributed by atoms with Crippen LogP contribution >= 0.6 is 0 Å². The van der Waals surface area contributed by atoms with Crippen LogP contribution < -0.4 is 16.0 Å². The summed E-state index contributed by atoms with van der Waals surface area (Å²) in [4.78, 5) is 37.4. The van der Waals surface area contributed by atoms with Crippen molar-refractivity contribution in [3.63, 3.8) is 0 Å². The van der Waals surface area contributed by atoms with Crippen molar-refractivity contribution in [2.75, 3.05) is 11.1 Å². The summed E-state index contributed by atoms with van der Waals surface area (Å²) in [6, 6.07) is 15.2. The minimum absolute atomic E-state index is 0.0902. The van der Waals surface area contributed by atoms with Gasteiger partial charge < -0.3 is 15.7 Å². The van der Waals surface area contributed by atoms with Gasteiger partial charge in [-0.05, 0) is 37.0 Å². The highest BCUT2D eigenvalue weighted by atomic mass is 32.2. The van der Waals surface area contributed by atoms with Gasteiger partial charge >= 0.3 is 5.97 Å². The molecule has 34 heavy (non-hydrogen) atoms. The first kappa shape index (κ1) is 27.2. The first-order valence-corrected chi connectivity index (χ1v) is 12.7. The molecule has 2 aromatic rings. The van der Waals surface area contributed by atoms with Crippen LogP contribution in [-0.2, 0) is 30.9 Å². The molecule has 9 heteroatoms. The molecule has 0 aromatic heterocycles. The predicted octanol–water partition coefficient (Wildman–Crippen LogP) is 2.54. The third-order valence-electron chi connectivity index (χ3n) is 5.04. The second-order valence-corrected chi connectivity index (χ2v) is 10.1. The number of hydrogen-bond acceptors (Lipinski definition) is 5. The number of rotatable bonds is 13. The number of hydrogen-bond donors (Lipinski definition) is 4. The summed E-state index contributed by atoms with van der Waals surface area (Å²) in [7, 11) is -1.44. The van der Waals surface area contributed by atoms with Crippen LogP contribution in [0.4, 0.5) is 5.69 Å². The summed E-state index contributed by atoms with van der Waals surface area (Å²) in [5.41, 5.74) is 1.46. The van der Waals surface area contributed by atoms with Gasteiger partial charge in [-0.3, -0.25) is 23.9 Å². The van der Waals surface area contributed by atoms with E-state index in [1.807, 2.05) is 50.2 Å². The summed E-state index contributed by atoms with van der Waals surface area (Å²) in [6.45, 7) is 5.29. The number of carbonyl (C=O) groups excluding carboxylic acids is 2. The van der Waals surface area contributed by atoms with Gasteiger partial charge in [0.15, 0.2) is 0 Å². The van der Waals surface area contributed by atoms with E-state index in [0.717, 1.165) is 5.56 Å². The standard InChI is InChI=1S/C25H33N3O5S/c1-17(2)14-21(23(29)27-20-12-8-5-9-13-20)28-24(30)22(26-18(3)25(31)32)16-34(33)15-19-10-6-4-7-11-19/h4-13,17-18,21-22,26H,14-16H2,1-3H3,(H,27,29)(H,28,30)(H,31,32)/t18-,21+,22-,34?/m1/s1. The molecule has 0 aliphatic carbocycles. The van der Waals surface area contributed by atoms with Crippen LogP contribution in [0.25, 0.3) is 0 Å². The average Bonchev–Trinajstić information content (AvgIpc) is 2.79. The molecule has 0 aliphatic rings. The van der Waals surface area contributed by atoms with Gasteiger partial charge in [-0.25, -0.2) is 0 Å². The molecule has 0 saturated heterocycles. The van der Waals surface area contributed by atoms with Crippen molar-refractivity contribution >= 4 is 34.3 Å². The van der Waals surface area contributed by atoms with E-state index in [2.05, 4.69) is 16.0 Å². The molecule has 8 nitrogen and oxygen atoms in total. The van der Waals surface area contributed by atoms with Crippen molar-refractivity contribution in [2.24, 2.45) is 5.92 Å². The van der Waals surface area contributed by atoms with Crippen molar-refractivity contribution in [1.29, 1.82) is 0 Å². The number of para-hydroxylation sites is 1. The molecule has 0 fully saturated rings. The Morgan fingerprint density at radius 1 is 0.882 bits per heavy atom. The molecule has 2 aromatic carbocycles. The normalized spacial score (nSPS) is 14.6. The van der Waals surface area contributed by atoms with Crippen molar-refractivity contribution in [2.45, 2.75) is 51.1 Å². The van der Waals surface area contributed by atoms with Gasteiger partial charge in [0.05, 0.1) is 6.04 Å². The second kappa shape index (κ2) is 13.6. The molecule has 0 heterocycles. The van der Waals surface area contributed by atoms with Crippen LogP contribution in [0.15, 0.2) is 60.7 Å². The maximum atomic E-state index is 13.2. The molecule has 0 radical (unpaired) electrons. The monoisotopic (exact) mass is 487 g/mol. The highest BCUT2D eigenvalue weighted by Gasteiger charge is 2.29. The summed E-state index contributed by atoms with van der Waals surface area (Å²) < 4.78 is 12.8. The Labute approximate surface area is 203 Å². The van der Waals surface area contributed by atoms with Crippen molar-refractivity contribution in [3.05, 3.63) is 66.2 Å². The molecule has 2 amide bonds. The van der Waals surface area contributed by atoms with Crippen LogP contribution in [0.1, 0.15) is 32.8 Å². The van der Waals surface area contributed by atoms with Crippen LogP contribution in [0.5, 0.6) is 0 Å². The zero-order chi connectivity index (χ0) is 25.1. The number of anilines is 1. The van der Waals surface area contributed by atoms with Gasteiger partial charge in [-0.1, -0.05) is 62.4 Å². The average molecular weight is 488 g/mol. The Balaban J connectivity index is 2.14. The Bertz CT molecular complexity index is 969. The number of carbonyl (C=O) groups is 3. The summed E-state index contributed by atoms with van der Waals surface area (Å²) in [6.07, 6.45) is 0.388. The van der Waals surface area contributed by atoms with Crippen molar-refractivity contribution < 1.29 is 23.7 Å². The van der Waals surface area contributed by atoms with Gasteiger partial charge in [0.25, 0.3) is 0 Å². The van der Waals surface area contributed by atoms with Gasteiger partial charge in [0, 0.05) is 28.0 Å². The SMILES string of the molecule is CC(C)C[C@H](NC(=O)[C@@H](CS(=O)Cc1ccccc1)N[C@H](C)C(=O)O)C(=O)Nc1ccccc1. The van der Waals surface area contributed by atoms with E-state index in [4.69, 9.17) is 0 Å². The Morgan fingerprint density at radius 3 is 2.03 bits per heavy atom. The molecule has 1 unspecified atom stereocenters. The van der Waals surface area contributed by atoms with E-state index in [-0.39, 0.29) is 23.3 Å². The van der Waals surface area contributed by atoms with Gasteiger partial charge in [-0.2, -0.15) is 0 Å². The third-order valence-corrected chi connectivity index (χ3v) is 6.40. The number of aliphatic carboxylic acids is 1. The van der Waals surface area contributed by atoms with E-state index in [0.29, 0.717) is 12.1 Å². The molecule has 0 bridgehead atoms. The lowest BCUT2D eigenvalue weighted by molar-refractivity contribution is -0.139. The maximum absolute atomic E-state index is 13.2. The lowest BCUT2D eigenvalue weighted by atomic mass is 10.0. The van der Waals surface area contributed by atoms with Crippen molar-refractivity contribution in [1.82, 2.24) is 10.6 Å². The lowest BCUT2D eigenvalue weighted by Gasteiger charge is -2.25. The van der Waals surface area contributed by atoms with Gasteiger partial charge in [0.1, 0.15) is 12.1 Å². The van der Waals surface area contributed by atoms with Crippen LogP contribution in [0.2, 0.25) is 0 Å². The zero-order valence-corrected chi connectivity index (χ0v) is 20.5. The molecular weight excluding hydrogens is 454 g/mol. The minimum atomic E-state index is -1.44. The third kappa shape index (κ3) is 9.44. The van der Waals surface area contributed by atoms with Crippen molar-refractivity contribution in [3.8, 4) is 0 Å². The highest BCUT2D eigenvalue weighted by Crippen LogP contribution is 2.11. The van der Waals surface area contributed by atoms with Crippen LogP contribution in [0.3, 0.4) is 0 Å². The quantitative estimate of drug-likeness (QED) is 0.344. The molecular formula is C25H33N3O5S. The van der Waals surface area contributed by atoms with Gasteiger partial charge in [-0.15, -0.1) is 0 Å². The number of nitrogens with one attached hydrogen (secondary N) is 3. The van der Waals surface area contributed by atoms with E-state index in [9.17, 15) is 23.7 Å². The molecule has 2 rings (SSSR count). The predicted molar refractivity (Wildman–Crippen MR) is 134 cm³/mol. The maximum Gasteiger partial charge on any atom is 0.320 e. The fourth-order valence-corrected chi connectivity index (χ4v) is 4.61. The topological polar surface area (TPSA) is 125 Å². The highest BCUT2D eigenvalue weighted by molar-refractivity contribution is 7.84. The fraction of sp³-hybridized carbons (Fsp3) is 0.400. The Morgan fingerprint density at radius 2 is 1.47 bits per heavy atom. The molecule has 0 saturated carbocycles. The van der Waals surface area contributed by atoms with E-state index in [1.54, 1.807) is 24.3 Å². The molecule has 4 atom stereocenters. The first-order valence-electron chi connectivity index (χ1n) is 11.2. The summed E-state index contributed by atoms with van der Waals surface area (Å²) in [5.74, 6) is -1.81. The first-order chi connectivity index (χ1) is 16.2. The van der Waals surface area contributed by atoms with E-state index < -0.39 is 40.8 Å². The number of benzene rings is 2. The molecule has 0 aliphatic heterocycles. The number of carboxylic acids is 1. The minimum Gasteiger partial charge on any atom is -0.480 e. The summed E-state index contributed by atoms with van der Waals surface area (Å²) >= 11 is 0. The Kier molecular flexibility index (Phi) is 10.9. The van der Waals surface area contributed by atoms with Crippen LogP contribution in [0, 0.1) is 5.92 Å². The van der Waals surface area contributed by atoms with Crippen LogP contribution in [-0.4, -0.2) is 51.0 Å². The number of amides is 2.